The molecular weight excluding hydrogens is 164 g/mol. The van der Waals surface area contributed by atoms with Crippen LogP contribution in [-0.2, 0) is 0 Å². The van der Waals surface area contributed by atoms with Gasteiger partial charge in [0.25, 0.3) is 0 Å². The molecule has 0 fully saturated rings. The van der Waals surface area contributed by atoms with Crippen LogP contribution in [0.3, 0.4) is 0 Å². The molecule has 1 heterocycles. The molecule has 0 saturated heterocycles. The molecule has 3 nitrogen and oxygen atoms in total. The number of aromatic amines is 1. The zero-order valence-corrected chi connectivity index (χ0v) is 6.80. The number of aliphatic hydroxyl groups excluding tert-OH is 1. The third kappa shape index (κ3) is 1.96. The Balaban J connectivity index is 2.67. The van der Waals surface area contributed by atoms with E-state index in [4.69, 9.17) is 22.4 Å². The molecule has 1 atom stereocenters. The highest BCUT2D eigenvalue weighted by molar-refractivity contribution is 6.30. The highest BCUT2D eigenvalue weighted by atomic mass is 35.5. The molecule has 0 aromatic carbocycles. The maximum absolute atomic E-state index is 8.59. The SMILES string of the molecule is N[C@H](CCO)c1cc[nH]c1Cl. The molecule has 0 saturated carbocycles. The van der Waals surface area contributed by atoms with E-state index in [2.05, 4.69) is 4.98 Å². The average molecular weight is 175 g/mol. The first kappa shape index (κ1) is 8.59. The number of halogens is 1. The summed E-state index contributed by atoms with van der Waals surface area (Å²) in [4.78, 5) is 2.81. The monoisotopic (exact) mass is 174 g/mol. The Labute approximate surface area is 70.2 Å². The summed E-state index contributed by atoms with van der Waals surface area (Å²) in [6.45, 7) is 0.0860. The minimum absolute atomic E-state index is 0.0860. The van der Waals surface area contributed by atoms with Crippen molar-refractivity contribution in [3.8, 4) is 0 Å². The third-order valence-corrected chi connectivity index (χ3v) is 1.89. The summed E-state index contributed by atoms with van der Waals surface area (Å²) in [5.74, 6) is 0. The summed E-state index contributed by atoms with van der Waals surface area (Å²) in [7, 11) is 0. The molecule has 62 valence electrons. The van der Waals surface area contributed by atoms with Gasteiger partial charge in [0.1, 0.15) is 5.15 Å². The molecule has 0 radical (unpaired) electrons. The maximum atomic E-state index is 8.59. The van der Waals surface area contributed by atoms with Gasteiger partial charge in [-0.05, 0) is 12.5 Å². The molecule has 0 aliphatic carbocycles. The number of nitrogens with two attached hydrogens (primary N) is 1. The van der Waals surface area contributed by atoms with Gasteiger partial charge in [-0.2, -0.15) is 0 Å². The van der Waals surface area contributed by atoms with E-state index in [1.807, 2.05) is 6.07 Å². The number of aliphatic hydroxyl groups is 1. The first-order valence-corrected chi connectivity index (χ1v) is 3.82. The molecule has 1 aromatic heterocycles. The smallest absolute Gasteiger partial charge is 0.111 e. The fraction of sp³-hybridized carbons (Fsp3) is 0.429. The molecule has 0 amide bonds. The van der Waals surface area contributed by atoms with Crippen molar-refractivity contribution in [1.82, 2.24) is 4.98 Å². The maximum Gasteiger partial charge on any atom is 0.111 e. The van der Waals surface area contributed by atoms with Crippen molar-refractivity contribution in [1.29, 1.82) is 0 Å². The Morgan fingerprint density at radius 3 is 2.91 bits per heavy atom. The number of aromatic nitrogens is 1. The van der Waals surface area contributed by atoms with Gasteiger partial charge in [0.05, 0.1) is 0 Å². The lowest BCUT2D eigenvalue weighted by Gasteiger charge is -2.07. The topological polar surface area (TPSA) is 62.0 Å². The lowest BCUT2D eigenvalue weighted by atomic mass is 10.1. The number of nitrogens with one attached hydrogen (secondary N) is 1. The van der Waals surface area contributed by atoms with E-state index in [9.17, 15) is 0 Å². The van der Waals surface area contributed by atoms with E-state index in [-0.39, 0.29) is 12.6 Å². The summed E-state index contributed by atoms with van der Waals surface area (Å²) >= 11 is 5.75. The quantitative estimate of drug-likeness (QED) is 0.642. The van der Waals surface area contributed by atoms with E-state index in [0.29, 0.717) is 11.6 Å². The van der Waals surface area contributed by atoms with Crippen LogP contribution < -0.4 is 5.73 Å². The van der Waals surface area contributed by atoms with Crippen LogP contribution in [0.2, 0.25) is 5.15 Å². The molecule has 1 rings (SSSR count). The fourth-order valence-electron chi connectivity index (χ4n) is 0.942. The van der Waals surface area contributed by atoms with E-state index in [0.717, 1.165) is 5.56 Å². The number of H-pyrrole nitrogens is 1. The van der Waals surface area contributed by atoms with Gasteiger partial charge >= 0.3 is 0 Å². The second-order valence-corrected chi connectivity index (χ2v) is 2.74. The molecule has 0 unspecified atom stereocenters. The Kier molecular flexibility index (Phi) is 2.93. The normalized spacial score (nSPS) is 13.4. The first-order chi connectivity index (χ1) is 5.25. The molecule has 1 aromatic rings. The third-order valence-electron chi connectivity index (χ3n) is 1.57. The summed E-state index contributed by atoms with van der Waals surface area (Å²) in [5.41, 5.74) is 6.55. The van der Waals surface area contributed by atoms with Gasteiger partial charge < -0.3 is 15.8 Å². The molecule has 4 heteroatoms. The predicted octanol–water partition coefficient (Wildman–Crippen LogP) is 1.05. The zero-order valence-electron chi connectivity index (χ0n) is 6.05. The molecule has 0 bridgehead atoms. The van der Waals surface area contributed by atoms with Crippen LogP contribution in [0.5, 0.6) is 0 Å². The second-order valence-electron chi connectivity index (χ2n) is 2.37. The summed E-state index contributed by atoms with van der Waals surface area (Å²) < 4.78 is 0. The predicted molar refractivity (Wildman–Crippen MR) is 44.4 cm³/mol. The van der Waals surface area contributed by atoms with E-state index < -0.39 is 0 Å². The second kappa shape index (κ2) is 3.76. The Bertz CT molecular complexity index is 224. The summed E-state index contributed by atoms with van der Waals surface area (Å²) in [6.07, 6.45) is 2.27. The summed E-state index contributed by atoms with van der Waals surface area (Å²) in [5, 5.41) is 9.15. The molecule has 11 heavy (non-hydrogen) atoms. The molecule has 0 spiro atoms. The van der Waals surface area contributed by atoms with Gasteiger partial charge in [-0.15, -0.1) is 0 Å². The Morgan fingerprint density at radius 2 is 2.45 bits per heavy atom. The van der Waals surface area contributed by atoms with E-state index >= 15 is 0 Å². The lowest BCUT2D eigenvalue weighted by Crippen LogP contribution is -2.11. The van der Waals surface area contributed by atoms with Gasteiger partial charge in [0.15, 0.2) is 0 Å². The molecule has 0 aliphatic heterocycles. The van der Waals surface area contributed by atoms with Crippen molar-refractivity contribution in [2.75, 3.05) is 6.61 Å². The average Bonchev–Trinajstić information content (AvgIpc) is 2.36. The van der Waals surface area contributed by atoms with Gasteiger partial charge in [0, 0.05) is 24.4 Å². The minimum Gasteiger partial charge on any atom is -0.396 e. The first-order valence-electron chi connectivity index (χ1n) is 3.45. The largest absolute Gasteiger partial charge is 0.396 e. The van der Waals surface area contributed by atoms with Crippen LogP contribution >= 0.6 is 11.6 Å². The number of hydrogen-bond donors (Lipinski definition) is 3. The van der Waals surface area contributed by atoms with Gasteiger partial charge in [-0.25, -0.2) is 0 Å². The van der Waals surface area contributed by atoms with Gasteiger partial charge in [-0.3, -0.25) is 0 Å². The van der Waals surface area contributed by atoms with Crippen molar-refractivity contribution < 1.29 is 5.11 Å². The lowest BCUT2D eigenvalue weighted by molar-refractivity contribution is 0.276. The van der Waals surface area contributed by atoms with E-state index in [1.54, 1.807) is 6.20 Å². The zero-order chi connectivity index (χ0) is 8.27. The number of rotatable bonds is 3. The van der Waals surface area contributed by atoms with Crippen molar-refractivity contribution in [2.45, 2.75) is 12.5 Å². The molecule has 4 N–H and O–H groups in total. The molecule has 0 aliphatic rings. The van der Waals surface area contributed by atoms with Crippen LogP contribution in [0.1, 0.15) is 18.0 Å². The van der Waals surface area contributed by atoms with Crippen LogP contribution in [0.25, 0.3) is 0 Å². The van der Waals surface area contributed by atoms with Crippen molar-refractivity contribution in [3.05, 3.63) is 23.0 Å². The highest BCUT2D eigenvalue weighted by Gasteiger charge is 2.09. The number of hydrogen-bond acceptors (Lipinski definition) is 2. The van der Waals surface area contributed by atoms with E-state index in [1.165, 1.54) is 0 Å². The van der Waals surface area contributed by atoms with Crippen molar-refractivity contribution in [3.63, 3.8) is 0 Å². The Hall–Kier alpha value is -0.510. The van der Waals surface area contributed by atoms with Crippen LogP contribution in [0.15, 0.2) is 12.3 Å². The standard InChI is InChI=1S/C7H11ClN2O/c8-7-5(1-3-10-7)6(9)2-4-11/h1,3,6,10-11H,2,4,9H2/t6-/m1/s1. The fourth-order valence-corrected chi connectivity index (χ4v) is 1.21. The minimum atomic E-state index is -0.168. The van der Waals surface area contributed by atoms with Crippen molar-refractivity contribution in [2.24, 2.45) is 5.73 Å². The Morgan fingerprint density at radius 1 is 1.73 bits per heavy atom. The van der Waals surface area contributed by atoms with Crippen LogP contribution in [0, 0.1) is 0 Å². The highest BCUT2D eigenvalue weighted by Crippen LogP contribution is 2.21. The van der Waals surface area contributed by atoms with Crippen LogP contribution in [-0.4, -0.2) is 16.7 Å². The van der Waals surface area contributed by atoms with Gasteiger partial charge in [0.2, 0.25) is 0 Å². The van der Waals surface area contributed by atoms with Crippen molar-refractivity contribution >= 4 is 11.6 Å². The molecular formula is C7H11ClN2O. The van der Waals surface area contributed by atoms with Gasteiger partial charge in [-0.1, -0.05) is 11.6 Å². The van der Waals surface area contributed by atoms with Crippen LogP contribution in [0.4, 0.5) is 0 Å². The summed E-state index contributed by atoms with van der Waals surface area (Å²) in [6, 6.07) is 1.65.